The largest absolute Gasteiger partial charge is 0.453 e. The molecular weight excluding hydrogens is 289 g/mol. The summed E-state index contributed by atoms with van der Waals surface area (Å²) in [7, 11) is 1.22. The van der Waals surface area contributed by atoms with Crippen molar-refractivity contribution in [1.29, 1.82) is 0 Å². The first-order valence-corrected chi connectivity index (χ1v) is 7.25. The molecule has 0 spiro atoms. The molecule has 120 valence electrons. The first kappa shape index (κ1) is 16.2. The Kier molecular flexibility index (Phi) is 5.32. The lowest BCUT2D eigenvalue weighted by atomic mass is 10.2. The van der Waals surface area contributed by atoms with Crippen LogP contribution in [-0.2, 0) is 9.53 Å². The fourth-order valence-corrected chi connectivity index (χ4v) is 2.58. The molecule has 0 bridgehead atoms. The first-order valence-electron chi connectivity index (χ1n) is 7.25. The highest BCUT2D eigenvalue weighted by Gasteiger charge is 2.30. The van der Waals surface area contributed by atoms with Gasteiger partial charge in [-0.15, -0.1) is 0 Å². The molecule has 7 heteroatoms. The van der Waals surface area contributed by atoms with Crippen LogP contribution >= 0.6 is 0 Å². The Morgan fingerprint density at radius 1 is 1.27 bits per heavy atom. The molecular formula is C15H21FN3O3+. The van der Waals surface area contributed by atoms with Crippen LogP contribution in [0, 0.1) is 5.82 Å². The van der Waals surface area contributed by atoms with Gasteiger partial charge in [-0.1, -0.05) is 0 Å². The summed E-state index contributed by atoms with van der Waals surface area (Å²) in [6, 6.07) is 6.08. The summed E-state index contributed by atoms with van der Waals surface area (Å²) in [4.78, 5) is 26.3. The van der Waals surface area contributed by atoms with E-state index in [-0.39, 0.29) is 17.8 Å². The molecule has 1 atom stereocenters. The molecule has 0 aliphatic carbocycles. The van der Waals surface area contributed by atoms with Crippen LogP contribution in [0.3, 0.4) is 0 Å². The Labute approximate surface area is 128 Å². The van der Waals surface area contributed by atoms with E-state index in [1.807, 2.05) is 0 Å². The van der Waals surface area contributed by atoms with E-state index in [2.05, 4.69) is 15.0 Å². The van der Waals surface area contributed by atoms with Crippen molar-refractivity contribution in [1.82, 2.24) is 5.32 Å². The highest BCUT2D eigenvalue weighted by Crippen LogP contribution is 2.14. The lowest BCUT2D eigenvalue weighted by Crippen LogP contribution is -3.19. The summed E-state index contributed by atoms with van der Waals surface area (Å²) in [6.07, 6.45) is -0.735. The molecule has 1 aliphatic heterocycles. The molecule has 1 saturated heterocycles. The molecule has 1 aliphatic rings. The number of rotatable bonds is 3. The van der Waals surface area contributed by atoms with Gasteiger partial charge >= 0.3 is 6.09 Å². The lowest BCUT2D eigenvalue weighted by molar-refractivity contribution is -0.914. The number of hydrogen-bond donors (Lipinski definition) is 2. The van der Waals surface area contributed by atoms with Crippen LogP contribution in [0.1, 0.15) is 6.92 Å². The Morgan fingerprint density at radius 2 is 1.86 bits per heavy atom. The highest BCUT2D eigenvalue weighted by molar-refractivity contribution is 5.93. The van der Waals surface area contributed by atoms with E-state index in [0.29, 0.717) is 0 Å². The zero-order chi connectivity index (χ0) is 16.1. The van der Waals surface area contributed by atoms with Crippen LogP contribution in [0.25, 0.3) is 0 Å². The summed E-state index contributed by atoms with van der Waals surface area (Å²) in [5.41, 5.74) is 0.979. The number of methoxy groups -OCH3 is 1. The van der Waals surface area contributed by atoms with E-state index in [4.69, 9.17) is 0 Å². The number of benzene rings is 1. The van der Waals surface area contributed by atoms with Gasteiger partial charge in [-0.25, -0.2) is 9.18 Å². The van der Waals surface area contributed by atoms with Crippen molar-refractivity contribution in [3.05, 3.63) is 30.1 Å². The Morgan fingerprint density at radius 3 is 2.41 bits per heavy atom. The van der Waals surface area contributed by atoms with Crippen LogP contribution < -0.4 is 15.1 Å². The SMILES string of the molecule is COC(=O)NC(=O)[C@H](C)[NH+]1CCN(c2ccc(F)cc2)CC1. The summed E-state index contributed by atoms with van der Waals surface area (Å²) < 4.78 is 17.4. The van der Waals surface area contributed by atoms with Gasteiger partial charge in [0.15, 0.2) is 6.04 Å². The Hall–Kier alpha value is -2.15. The minimum atomic E-state index is -0.735. The molecule has 0 saturated carbocycles. The average Bonchev–Trinajstić information content (AvgIpc) is 2.55. The molecule has 0 radical (unpaired) electrons. The Balaban J connectivity index is 1.87. The third kappa shape index (κ3) is 3.94. The molecule has 1 aromatic carbocycles. The van der Waals surface area contributed by atoms with Crippen molar-refractivity contribution in [3.63, 3.8) is 0 Å². The fraction of sp³-hybridized carbons (Fsp3) is 0.467. The minimum absolute atomic E-state index is 0.249. The second kappa shape index (κ2) is 7.22. The maximum Gasteiger partial charge on any atom is 0.413 e. The van der Waals surface area contributed by atoms with Gasteiger partial charge in [-0.05, 0) is 31.2 Å². The second-order valence-corrected chi connectivity index (χ2v) is 5.32. The molecule has 2 N–H and O–H groups in total. The molecule has 22 heavy (non-hydrogen) atoms. The van der Waals surface area contributed by atoms with Crippen molar-refractivity contribution >= 4 is 17.7 Å². The standard InChI is InChI=1S/C15H20FN3O3/c1-11(14(20)17-15(21)22-2)18-7-9-19(10-8-18)13-5-3-12(16)4-6-13/h3-6,11H,7-10H2,1-2H3,(H,17,20,21)/p+1/t11-/m0/s1. The van der Waals surface area contributed by atoms with Gasteiger partial charge in [0, 0.05) is 5.69 Å². The monoisotopic (exact) mass is 310 g/mol. The number of nitrogens with zero attached hydrogens (tertiary/aromatic N) is 1. The van der Waals surface area contributed by atoms with Crippen molar-refractivity contribution in [2.75, 3.05) is 38.2 Å². The van der Waals surface area contributed by atoms with E-state index in [1.54, 1.807) is 19.1 Å². The third-order valence-corrected chi connectivity index (χ3v) is 4.01. The van der Waals surface area contributed by atoms with Gasteiger partial charge in [0.2, 0.25) is 0 Å². The van der Waals surface area contributed by atoms with Gasteiger partial charge in [0.25, 0.3) is 5.91 Å². The van der Waals surface area contributed by atoms with E-state index in [0.717, 1.165) is 36.8 Å². The second-order valence-electron chi connectivity index (χ2n) is 5.32. The normalized spacial score (nSPS) is 17.0. The van der Waals surface area contributed by atoms with Crippen LogP contribution in [0.15, 0.2) is 24.3 Å². The third-order valence-electron chi connectivity index (χ3n) is 4.01. The first-order chi connectivity index (χ1) is 10.5. The highest BCUT2D eigenvalue weighted by atomic mass is 19.1. The van der Waals surface area contributed by atoms with Crippen molar-refractivity contribution < 1.29 is 23.6 Å². The van der Waals surface area contributed by atoms with Crippen LogP contribution in [0.5, 0.6) is 0 Å². The number of carbonyl (C=O) groups excluding carboxylic acids is 2. The molecule has 2 rings (SSSR count). The zero-order valence-electron chi connectivity index (χ0n) is 12.8. The average molecular weight is 310 g/mol. The molecule has 0 aromatic heterocycles. The number of piperazine rings is 1. The number of ether oxygens (including phenoxy) is 1. The maximum atomic E-state index is 12.9. The summed E-state index contributed by atoms with van der Waals surface area (Å²) in [6.45, 7) is 4.88. The number of imide groups is 1. The molecule has 1 aromatic rings. The molecule has 0 unspecified atom stereocenters. The quantitative estimate of drug-likeness (QED) is 0.812. The van der Waals surface area contributed by atoms with Gasteiger partial charge < -0.3 is 14.5 Å². The van der Waals surface area contributed by atoms with Crippen LogP contribution in [0.2, 0.25) is 0 Å². The maximum absolute atomic E-state index is 12.9. The van der Waals surface area contributed by atoms with Crippen molar-refractivity contribution in [2.45, 2.75) is 13.0 Å². The fourth-order valence-electron chi connectivity index (χ4n) is 2.58. The molecule has 1 heterocycles. The number of carbonyl (C=O) groups is 2. The number of anilines is 1. The molecule has 6 nitrogen and oxygen atoms in total. The zero-order valence-corrected chi connectivity index (χ0v) is 12.8. The van der Waals surface area contributed by atoms with E-state index < -0.39 is 6.09 Å². The molecule has 2 amide bonds. The van der Waals surface area contributed by atoms with Gasteiger partial charge in [-0.3, -0.25) is 10.1 Å². The number of amides is 2. The number of halogens is 1. The summed E-state index contributed by atoms with van der Waals surface area (Å²) in [5, 5.41) is 2.20. The summed E-state index contributed by atoms with van der Waals surface area (Å²) >= 11 is 0. The number of quaternary nitrogens is 1. The van der Waals surface area contributed by atoms with Crippen molar-refractivity contribution in [2.24, 2.45) is 0 Å². The van der Waals surface area contributed by atoms with Gasteiger partial charge in [0.05, 0.1) is 33.3 Å². The predicted molar refractivity (Wildman–Crippen MR) is 79.3 cm³/mol. The predicted octanol–water partition coefficient (Wildman–Crippen LogP) is -0.198. The van der Waals surface area contributed by atoms with E-state index >= 15 is 0 Å². The number of nitrogens with one attached hydrogen (secondary N) is 2. The lowest BCUT2D eigenvalue weighted by Gasteiger charge is -2.35. The van der Waals surface area contributed by atoms with Crippen LogP contribution in [-0.4, -0.2) is 51.3 Å². The van der Waals surface area contributed by atoms with Gasteiger partial charge in [0.1, 0.15) is 5.82 Å². The smallest absolute Gasteiger partial charge is 0.413 e. The minimum Gasteiger partial charge on any atom is -0.453 e. The summed E-state index contributed by atoms with van der Waals surface area (Å²) in [5.74, 6) is -0.585. The van der Waals surface area contributed by atoms with Crippen LogP contribution in [0.4, 0.5) is 14.9 Å². The number of hydrogen-bond acceptors (Lipinski definition) is 4. The topological polar surface area (TPSA) is 63.1 Å². The molecule has 1 fully saturated rings. The van der Waals surface area contributed by atoms with E-state index in [1.165, 1.54) is 19.2 Å². The van der Waals surface area contributed by atoms with E-state index in [9.17, 15) is 14.0 Å². The van der Waals surface area contributed by atoms with Gasteiger partial charge in [-0.2, -0.15) is 0 Å². The van der Waals surface area contributed by atoms with Crippen molar-refractivity contribution in [3.8, 4) is 0 Å². The Bertz CT molecular complexity index is 527. The number of alkyl carbamates (subject to hydrolysis) is 1.